The number of carbonyl (C=O) groups is 2. The van der Waals surface area contributed by atoms with Crippen molar-refractivity contribution in [1.82, 2.24) is 5.32 Å². The summed E-state index contributed by atoms with van der Waals surface area (Å²) < 4.78 is 5.58. The van der Waals surface area contributed by atoms with Gasteiger partial charge in [-0.25, -0.2) is 0 Å². The number of ether oxygens (including phenoxy) is 1. The van der Waals surface area contributed by atoms with Crippen molar-refractivity contribution < 1.29 is 14.3 Å². The second-order valence-electron chi connectivity index (χ2n) is 6.57. The van der Waals surface area contributed by atoms with Crippen LogP contribution in [0.5, 0.6) is 5.75 Å². The number of amides is 2. The monoisotopic (exact) mass is 403 g/mol. The zero-order valence-corrected chi connectivity index (χ0v) is 16.7. The minimum atomic E-state index is -0.230. The van der Waals surface area contributed by atoms with Gasteiger partial charge in [-0.3, -0.25) is 9.59 Å². The van der Waals surface area contributed by atoms with Crippen LogP contribution in [0.2, 0.25) is 0 Å². The maximum atomic E-state index is 12.2. The summed E-state index contributed by atoms with van der Waals surface area (Å²) in [6, 6.07) is 14.8. The fourth-order valence-corrected chi connectivity index (χ4v) is 2.64. The Balaban J connectivity index is 0.00000280. The third-order valence-corrected chi connectivity index (χ3v) is 4.28. The summed E-state index contributed by atoms with van der Waals surface area (Å²) in [7, 11) is 0. The van der Waals surface area contributed by atoms with Crippen LogP contribution in [0.15, 0.2) is 48.5 Å². The van der Waals surface area contributed by atoms with Gasteiger partial charge in [-0.15, -0.1) is 12.4 Å². The summed E-state index contributed by atoms with van der Waals surface area (Å²) in [5.74, 6) is 0.496. The molecular formula is C21H26ClN3O3. The molecule has 0 bridgehead atoms. The quantitative estimate of drug-likeness (QED) is 0.597. The van der Waals surface area contributed by atoms with Crippen molar-refractivity contribution >= 4 is 35.6 Å². The number of nitrogens with one attached hydrogen (secondary N) is 3. The first kappa shape index (κ1) is 21.7. The van der Waals surface area contributed by atoms with E-state index in [2.05, 4.69) is 16.0 Å². The maximum Gasteiger partial charge on any atom is 0.262 e. The summed E-state index contributed by atoms with van der Waals surface area (Å²) in [5, 5.41) is 9.01. The van der Waals surface area contributed by atoms with Crippen molar-refractivity contribution in [3.8, 4) is 5.75 Å². The van der Waals surface area contributed by atoms with E-state index in [9.17, 15) is 9.59 Å². The summed E-state index contributed by atoms with van der Waals surface area (Å²) in [6.07, 6.45) is 1.91. The van der Waals surface area contributed by atoms with Gasteiger partial charge >= 0.3 is 0 Å². The van der Waals surface area contributed by atoms with Gasteiger partial charge in [-0.2, -0.15) is 0 Å². The molecule has 150 valence electrons. The topological polar surface area (TPSA) is 79.5 Å². The van der Waals surface area contributed by atoms with E-state index < -0.39 is 0 Å². The molecule has 2 aromatic rings. The Labute approximate surface area is 171 Å². The first-order valence-corrected chi connectivity index (χ1v) is 9.28. The molecule has 0 saturated heterocycles. The first-order chi connectivity index (χ1) is 13.2. The van der Waals surface area contributed by atoms with Crippen LogP contribution in [0, 0.1) is 5.92 Å². The number of anilines is 2. The molecule has 1 aliphatic rings. The molecule has 0 unspecified atom stereocenters. The van der Waals surface area contributed by atoms with E-state index in [1.165, 1.54) is 0 Å². The van der Waals surface area contributed by atoms with Gasteiger partial charge in [-0.05, 0) is 43.1 Å². The van der Waals surface area contributed by atoms with Gasteiger partial charge < -0.3 is 20.7 Å². The van der Waals surface area contributed by atoms with Crippen LogP contribution in [0.4, 0.5) is 11.4 Å². The zero-order valence-electron chi connectivity index (χ0n) is 15.9. The van der Waals surface area contributed by atoms with Gasteiger partial charge in [0.1, 0.15) is 5.75 Å². The molecule has 0 atom stereocenters. The summed E-state index contributed by atoms with van der Waals surface area (Å²) >= 11 is 0. The molecule has 2 aromatic carbocycles. The third kappa shape index (κ3) is 6.55. The first-order valence-electron chi connectivity index (χ1n) is 9.28. The van der Waals surface area contributed by atoms with Gasteiger partial charge in [0, 0.05) is 29.9 Å². The molecule has 0 aliphatic heterocycles. The fraction of sp³-hybridized carbons (Fsp3) is 0.333. The summed E-state index contributed by atoms with van der Waals surface area (Å²) in [6.45, 7) is 3.49. The Morgan fingerprint density at radius 1 is 1.07 bits per heavy atom. The van der Waals surface area contributed by atoms with Crippen LogP contribution < -0.4 is 20.7 Å². The molecule has 2 amide bonds. The van der Waals surface area contributed by atoms with Crippen LogP contribution in [-0.4, -0.2) is 25.0 Å². The molecule has 0 heterocycles. The largest absolute Gasteiger partial charge is 0.484 e. The lowest BCUT2D eigenvalue weighted by Gasteiger charge is -2.12. The molecule has 6 nitrogen and oxygen atoms in total. The Bertz CT molecular complexity index is 809. The van der Waals surface area contributed by atoms with Crippen molar-refractivity contribution in [1.29, 1.82) is 0 Å². The third-order valence-electron chi connectivity index (χ3n) is 4.28. The molecule has 7 heteroatoms. The molecule has 3 N–H and O–H groups in total. The highest BCUT2D eigenvalue weighted by molar-refractivity contribution is 5.94. The lowest BCUT2D eigenvalue weighted by atomic mass is 10.1. The fourth-order valence-electron chi connectivity index (χ4n) is 2.64. The average Bonchev–Trinajstić information content (AvgIpc) is 3.51. The number of hydrogen-bond donors (Lipinski definition) is 3. The summed E-state index contributed by atoms with van der Waals surface area (Å²) in [5.41, 5.74) is 2.48. The molecule has 3 rings (SSSR count). The zero-order chi connectivity index (χ0) is 19.1. The Morgan fingerprint density at radius 2 is 1.86 bits per heavy atom. The molecule has 1 saturated carbocycles. The predicted octanol–water partition coefficient (Wildman–Crippen LogP) is 3.58. The highest BCUT2D eigenvalue weighted by atomic mass is 35.5. The standard InChI is InChI=1S/C21H25N3O3.ClH/c1-2-22-13-16-6-3-4-9-19(16)24-20(25)14-27-18-8-5-7-17(12-18)23-21(26)15-10-11-15;/h3-9,12,15,22H,2,10-11,13-14H2,1H3,(H,23,26)(H,24,25);1H. The van der Waals surface area contributed by atoms with Gasteiger partial charge in [0.2, 0.25) is 5.91 Å². The lowest BCUT2D eigenvalue weighted by Crippen LogP contribution is -2.22. The van der Waals surface area contributed by atoms with E-state index in [1.54, 1.807) is 18.2 Å². The molecule has 0 radical (unpaired) electrons. The van der Waals surface area contributed by atoms with E-state index in [1.807, 2.05) is 37.3 Å². The second-order valence-corrected chi connectivity index (χ2v) is 6.57. The number of rotatable bonds is 9. The van der Waals surface area contributed by atoms with E-state index in [-0.39, 0.29) is 36.7 Å². The van der Waals surface area contributed by atoms with E-state index in [4.69, 9.17) is 4.74 Å². The number of hydrogen-bond acceptors (Lipinski definition) is 4. The Kier molecular flexibility index (Phi) is 8.29. The molecule has 1 fully saturated rings. The Morgan fingerprint density at radius 3 is 2.61 bits per heavy atom. The van der Waals surface area contributed by atoms with Gasteiger partial charge in [0.15, 0.2) is 6.61 Å². The lowest BCUT2D eigenvalue weighted by molar-refractivity contribution is -0.118. The molecule has 1 aliphatic carbocycles. The predicted molar refractivity (Wildman–Crippen MR) is 113 cm³/mol. The van der Waals surface area contributed by atoms with Crippen molar-refractivity contribution in [2.45, 2.75) is 26.3 Å². The SMILES string of the molecule is CCNCc1ccccc1NC(=O)COc1cccc(NC(=O)C2CC2)c1.Cl. The van der Waals surface area contributed by atoms with E-state index >= 15 is 0 Å². The minimum absolute atomic E-state index is 0. The maximum absolute atomic E-state index is 12.2. The molecular weight excluding hydrogens is 378 g/mol. The molecule has 0 spiro atoms. The van der Waals surface area contributed by atoms with Gasteiger partial charge in [-0.1, -0.05) is 31.2 Å². The van der Waals surface area contributed by atoms with Gasteiger partial charge in [0.25, 0.3) is 5.91 Å². The molecule has 0 aromatic heterocycles. The smallest absolute Gasteiger partial charge is 0.262 e. The highest BCUT2D eigenvalue weighted by Gasteiger charge is 2.29. The van der Waals surface area contributed by atoms with E-state index in [0.29, 0.717) is 18.0 Å². The van der Waals surface area contributed by atoms with Crippen LogP contribution in [0.1, 0.15) is 25.3 Å². The average molecular weight is 404 g/mol. The van der Waals surface area contributed by atoms with Crippen molar-refractivity contribution in [3.05, 3.63) is 54.1 Å². The number of carbonyl (C=O) groups excluding carboxylic acids is 2. The highest BCUT2D eigenvalue weighted by Crippen LogP contribution is 2.30. The van der Waals surface area contributed by atoms with Crippen LogP contribution in [0.3, 0.4) is 0 Å². The number of benzene rings is 2. The van der Waals surface area contributed by atoms with Crippen LogP contribution >= 0.6 is 12.4 Å². The van der Waals surface area contributed by atoms with Crippen molar-refractivity contribution in [2.75, 3.05) is 23.8 Å². The van der Waals surface area contributed by atoms with E-state index in [0.717, 1.165) is 30.6 Å². The second kappa shape index (κ2) is 10.7. The minimum Gasteiger partial charge on any atom is -0.484 e. The van der Waals surface area contributed by atoms with Crippen molar-refractivity contribution in [3.63, 3.8) is 0 Å². The molecule has 28 heavy (non-hydrogen) atoms. The number of halogens is 1. The number of para-hydroxylation sites is 1. The normalized spacial score (nSPS) is 12.6. The summed E-state index contributed by atoms with van der Waals surface area (Å²) in [4.78, 5) is 24.1. The van der Waals surface area contributed by atoms with Crippen molar-refractivity contribution in [2.24, 2.45) is 5.92 Å². The Hall–Kier alpha value is -2.57. The van der Waals surface area contributed by atoms with Crippen LogP contribution in [-0.2, 0) is 16.1 Å². The van der Waals surface area contributed by atoms with Gasteiger partial charge in [0.05, 0.1) is 0 Å². The van der Waals surface area contributed by atoms with Crippen LogP contribution in [0.25, 0.3) is 0 Å².